The van der Waals surface area contributed by atoms with Crippen molar-refractivity contribution in [3.8, 4) is 0 Å². The molecule has 2 rings (SSSR count). The van der Waals surface area contributed by atoms with E-state index in [2.05, 4.69) is 0 Å². The number of nitrogens with two attached hydrogens (primary N) is 1. The van der Waals surface area contributed by atoms with Crippen LogP contribution in [-0.2, 0) is 0 Å². The first-order valence-corrected chi connectivity index (χ1v) is 6.00. The van der Waals surface area contributed by atoms with Crippen LogP contribution in [0.2, 0.25) is 0 Å². The number of rotatable bonds is 1. The Balaban J connectivity index is 2.05. The number of primary amides is 1. The lowest BCUT2D eigenvalue weighted by Crippen LogP contribution is -2.56. The van der Waals surface area contributed by atoms with Gasteiger partial charge in [0, 0.05) is 31.2 Å². The van der Waals surface area contributed by atoms with E-state index in [0.29, 0.717) is 25.2 Å². The molecule has 18 heavy (non-hydrogen) atoms. The minimum absolute atomic E-state index is 0.00608. The minimum Gasteiger partial charge on any atom is -0.351 e. The summed E-state index contributed by atoms with van der Waals surface area (Å²) in [7, 11) is 0. The Morgan fingerprint density at radius 1 is 1.22 bits per heavy atom. The van der Waals surface area contributed by atoms with E-state index < -0.39 is 6.03 Å². The van der Waals surface area contributed by atoms with Gasteiger partial charge in [0.25, 0.3) is 5.91 Å². The molecule has 1 fully saturated rings. The van der Waals surface area contributed by atoms with Crippen molar-refractivity contribution in [3.63, 3.8) is 0 Å². The van der Waals surface area contributed by atoms with Crippen molar-refractivity contribution in [1.82, 2.24) is 9.80 Å². The molecule has 0 bridgehead atoms. The van der Waals surface area contributed by atoms with Crippen molar-refractivity contribution in [2.75, 3.05) is 19.6 Å². The molecule has 3 amide bonds. The molecule has 0 spiro atoms. The highest BCUT2D eigenvalue weighted by Gasteiger charge is 2.28. The van der Waals surface area contributed by atoms with E-state index in [-0.39, 0.29) is 11.9 Å². The number of carbonyl (C=O) groups is 2. The maximum Gasteiger partial charge on any atom is 0.315 e. The summed E-state index contributed by atoms with van der Waals surface area (Å²) in [6.45, 7) is 3.45. The fourth-order valence-corrected chi connectivity index (χ4v) is 2.23. The summed E-state index contributed by atoms with van der Waals surface area (Å²) in [4.78, 5) is 26.7. The monoisotopic (exact) mass is 247 g/mol. The predicted octanol–water partition coefficient (Wildman–Crippen LogP) is 0.912. The van der Waals surface area contributed by atoms with Gasteiger partial charge in [0.2, 0.25) is 0 Å². The van der Waals surface area contributed by atoms with Crippen LogP contribution in [0.25, 0.3) is 0 Å². The second-order valence-corrected chi connectivity index (χ2v) is 4.50. The molecule has 5 heteroatoms. The average molecular weight is 247 g/mol. The number of piperazine rings is 1. The molecule has 1 aliphatic rings. The van der Waals surface area contributed by atoms with E-state index in [9.17, 15) is 9.59 Å². The van der Waals surface area contributed by atoms with Gasteiger partial charge in [-0.3, -0.25) is 4.79 Å². The summed E-state index contributed by atoms with van der Waals surface area (Å²) >= 11 is 0. The summed E-state index contributed by atoms with van der Waals surface area (Å²) in [5.74, 6) is 0.00608. The molecule has 1 saturated heterocycles. The lowest BCUT2D eigenvalue weighted by Gasteiger charge is -2.38. The van der Waals surface area contributed by atoms with Crippen LogP contribution >= 0.6 is 0 Å². The van der Waals surface area contributed by atoms with E-state index in [1.807, 2.05) is 25.1 Å². The van der Waals surface area contributed by atoms with Gasteiger partial charge in [-0.15, -0.1) is 0 Å². The number of carbonyl (C=O) groups excluding carboxylic acids is 2. The van der Waals surface area contributed by atoms with Gasteiger partial charge in [0.05, 0.1) is 0 Å². The van der Waals surface area contributed by atoms with Crippen LogP contribution < -0.4 is 5.73 Å². The first-order chi connectivity index (χ1) is 8.59. The fraction of sp³-hybridized carbons (Fsp3) is 0.385. The molecule has 1 heterocycles. The van der Waals surface area contributed by atoms with Crippen molar-refractivity contribution in [2.24, 2.45) is 5.73 Å². The number of amides is 3. The molecule has 0 aromatic heterocycles. The number of benzene rings is 1. The topological polar surface area (TPSA) is 66.6 Å². The molecule has 1 aliphatic heterocycles. The summed E-state index contributed by atoms with van der Waals surface area (Å²) in [6.07, 6.45) is 0. The van der Waals surface area contributed by atoms with Crippen LogP contribution in [0.15, 0.2) is 30.3 Å². The van der Waals surface area contributed by atoms with E-state index >= 15 is 0 Å². The third kappa shape index (κ3) is 2.45. The summed E-state index contributed by atoms with van der Waals surface area (Å²) in [6, 6.07) is 8.70. The summed E-state index contributed by atoms with van der Waals surface area (Å²) in [5, 5.41) is 0. The molecule has 2 N–H and O–H groups in total. The molecule has 1 atom stereocenters. The highest BCUT2D eigenvalue weighted by atomic mass is 16.2. The fourth-order valence-electron chi connectivity index (χ4n) is 2.23. The second-order valence-electron chi connectivity index (χ2n) is 4.50. The Hall–Kier alpha value is -2.04. The van der Waals surface area contributed by atoms with Crippen LogP contribution in [0.5, 0.6) is 0 Å². The zero-order valence-electron chi connectivity index (χ0n) is 10.4. The third-order valence-corrected chi connectivity index (χ3v) is 3.22. The molecule has 1 aromatic carbocycles. The number of hydrogen-bond acceptors (Lipinski definition) is 2. The zero-order valence-corrected chi connectivity index (χ0v) is 10.4. The van der Waals surface area contributed by atoms with Gasteiger partial charge < -0.3 is 15.5 Å². The van der Waals surface area contributed by atoms with E-state index in [4.69, 9.17) is 5.73 Å². The predicted molar refractivity (Wildman–Crippen MR) is 68.1 cm³/mol. The van der Waals surface area contributed by atoms with Crippen LogP contribution in [-0.4, -0.2) is 47.4 Å². The largest absolute Gasteiger partial charge is 0.351 e. The molecule has 0 aliphatic carbocycles. The third-order valence-electron chi connectivity index (χ3n) is 3.22. The molecule has 0 saturated carbocycles. The van der Waals surface area contributed by atoms with Crippen molar-refractivity contribution >= 4 is 11.9 Å². The van der Waals surface area contributed by atoms with Crippen molar-refractivity contribution < 1.29 is 9.59 Å². The highest BCUT2D eigenvalue weighted by Crippen LogP contribution is 2.12. The highest BCUT2D eigenvalue weighted by molar-refractivity contribution is 5.94. The number of urea groups is 1. The van der Waals surface area contributed by atoms with Gasteiger partial charge >= 0.3 is 6.03 Å². The zero-order chi connectivity index (χ0) is 13.1. The Bertz CT molecular complexity index is 447. The van der Waals surface area contributed by atoms with E-state index in [1.165, 1.54) is 0 Å². The quantitative estimate of drug-likeness (QED) is 0.801. The van der Waals surface area contributed by atoms with Gasteiger partial charge in [0.1, 0.15) is 0 Å². The van der Waals surface area contributed by atoms with Crippen LogP contribution in [0.1, 0.15) is 17.3 Å². The molecule has 1 aromatic rings. The van der Waals surface area contributed by atoms with E-state index in [0.717, 1.165) is 0 Å². The smallest absolute Gasteiger partial charge is 0.315 e. The number of hydrogen-bond donors (Lipinski definition) is 1. The standard InChI is InChI=1S/C13H17N3O2/c1-10-9-15(7-8-16(10)13(14)18)12(17)11-5-3-2-4-6-11/h2-6,10H,7-9H2,1H3,(H2,14,18)/t10-/m1/s1. The summed E-state index contributed by atoms with van der Waals surface area (Å²) in [5.41, 5.74) is 5.95. The van der Waals surface area contributed by atoms with E-state index in [1.54, 1.807) is 21.9 Å². The van der Waals surface area contributed by atoms with Gasteiger partial charge in [-0.05, 0) is 19.1 Å². The maximum atomic E-state index is 12.2. The first-order valence-electron chi connectivity index (χ1n) is 6.00. The first kappa shape index (κ1) is 12.4. The minimum atomic E-state index is -0.422. The maximum absolute atomic E-state index is 12.2. The SMILES string of the molecule is C[C@@H]1CN(C(=O)c2ccccc2)CCN1C(N)=O. The molecule has 0 unspecified atom stereocenters. The molecule has 96 valence electrons. The summed E-state index contributed by atoms with van der Waals surface area (Å²) < 4.78 is 0. The molecular formula is C13H17N3O2. The van der Waals surface area contributed by atoms with Crippen molar-refractivity contribution in [3.05, 3.63) is 35.9 Å². The van der Waals surface area contributed by atoms with Crippen LogP contribution in [0, 0.1) is 0 Å². The Labute approximate surface area is 106 Å². The number of nitrogens with zero attached hydrogens (tertiary/aromatic N) is 2. The van der Waals surface area contributed by atoms with Gasteiger partial charge in [-0.1, -0.05) is 18.2 Å². The normalized spacial score (nSPS) is 19.7. The Kier molecular flexibility index (Phi) is 3.50. The lowest BCUT2D eigenvalue weighted by molar-refractivity contribution is 0.0588. The van der Waals surface area contributed by atoms with Gasteiger partial charge in [0.15, 0.2) is 0 Å². The molecular weight excluding hydrogens is 230 g/mol. The lowest BCUT2D eigenvalue weighted by atomic mass is 10.1. The van der Waals surface area contributed by atoms with Gasteiger partial charge in [-0.2, -0.15) is 0 Å². The second kappa shape index (κ2) is 5.08. The Morgan fingerprint density at radius 2 is 1.89 bits per heavy atom. The Morgan fingerprint density at radius 3 is 2.44 bits per heavy atom. The van der Waals surface area contributed by atoms with Gasteiger partial charge in [-0.25, -0.2) is 4.79 Å². The van der Waals surface area contributed by atoms with Crippen molar-refractivity contribution in [2.45, 2.75) is 13.0 Å². The van der Waals surface area contributed by atoms with Crippen LogP contribution in [0.3, 0.4) is 0 Å². The van der Waals surface area contributed by atoms with Crippen molar-refractivity contribution in [1.29, 1.82) is 0 Å². The molecule has 5 nitrogen and oxygen atoms in total. The molecule has 0 radical (unpaired) electrons. The average Bonchev–Trinajstić information content (AvgIpc) is 2.38. The van der Waals surface area contributed by atoms with Crippen LogP contribution in [0.4, 0.5) is 4.79 Å².